The van der Waals surface area contributed by atoms with Gasteiger partial charge in [0, 0.05) is 16.7 Å². The molecule has 0 aromatic heterocycles. The van der Waals surface area contributed by atoms with Crippen molar-refractivity contribution in [2.24, 2.45) is 0 Å². The minimum absolute atomic E-state index is 0.415. The van der Waals surface area contributed by atoms with Crippen molar-refractivity contribution in [3.05, 3.63) is 69.7 Å². The van der Waals surface area contributed by atoms with Crippen molar-refractivity contribution < 1.29 is 0 Å². The van der Waals surface area contributed by atoms with Gasteiger partial charge in [-0.3, -0.25) is 0 Å². The first kappa shape index (κ1) is 11.2. The van der Waals surface area contributed by atoms with E-state index in [2.05, 4.69) is 16.8 Å². The van der Waals surface area contributed by atoms with Crippen LogP contribution < -0.4 is 0 Å². The van der Waals surface area contributed by atoms with Crippen molar-refractivity contribution in [3.8, 4) is 11.8 Å². The molecule has 17 heavy (non-hydrogen) atoms. The first-order valence-corrected chi connectivity index (χ1v) is 5.39. The average molecular weight is 240 g/mol. The van der Waals surface area contributed by atoms with E-state index in [0.29, 0.717) is 16.3 Å². The van der Waals surface area contributed by atoms with E-state index in [1.807, 2.05) is 30.3 Å². The zero-order valence-electron chi connectivity index (χ0n) is 8.89. The summed E-state index contributed by atoms with van der Waals surface area (Å²) < 4.78 is 0. The van der Waals surface area contributed by atoms with Gasteiger partial charge in [0.25, 0.3) is 0 Å². The van der Waals surface area contributed by atoms with Crippen LogP contribution in [-0.4, -0.2) is 0 Å². The summed E-state index contributed by atoms with van der Waals surface area (Å²) in [7, 11) is 0. The summed E-state index contributed by atoms with van der Waals surface area (Å²) >= 11 is 5.86. The van der Waals surface area contributed by atoms with E-state index in [4.69, 9.17) is 17.0 Å². The lowest BCUT2D eigenvalue weighted by Crippen LogP contribution is -1.77. The number of hydrogen-bond acceptors (Lipinski definition) is 1. The lowest BCUT2D eigenvalue weighted by atomic mass is 10.1. The molecule has 0 aliphatic carbocycles. The minimum atomic E-state index is 0.415. The van der Waals surface area contributed by atoms with Crippen LogP contribution >= 0.6 is 11.6 Å². The molecule has 0 saturated heterocycles. The maximum Gasteiger partial charge on any atom is 0.400 e. The number of rotatable bonds is 0. The largest absolute Gasteiger partial charge is 0.400 e. The molecule has 0 N–H and O–H groups in total. The first-order chi connectivity index (χ1) is 8.29. The first-order valence-electron chi connectivity index (χ1n) is 5.01. The van der Waals surface area contributed by atoms with Gasteiger partial charge >= 0.3 is 5.69 Å². The molecule has 0 fully saturated rings. The van der Waals surface area contributed by atoms with Crippen LogP contribution in [0.5, 0.6) is 0 Å². The van der Waals surface area contributed by atoms with E-state index >= 15 is 0 Å². The van der Waals surface area contributed by atoms with Gasteiger partial charge in [-0.05, 0) is 24.3 Å². The second-order valence-corrected chi connectivity index (χ2v) is 3.81. The molecule has 0 bridgehead atoms. The normalized spacial score (nSPS) is 8.94. The third-order valence-corrected chi connectivity index (χ3v) is 2.42. The molecule has 2 aromatic carbocycles. The van der Waals surface area contributed by atoms with E-state index in [0.717, 1.165) is 5.56 Å². The Morgan fingerprint density at radius 3 is 2.47 bits per heavy atom. The highest BCUT2D eigenvalue weighted by Crippen LogP contribution is 2.22. The Bertz CT molecular complexity index is 631. The van der Waals surface area contributed by atoms with E-state index in [-0.39, 0.29) is 0 Å². The Balaban J connectivity index is 2.41. The highest BCUT2D eigenvalue weighted by molar-refractivity contribution is 6.30. The van der Waals surface area contributed by atoms with E-state index in [9.17, 15) is 0 Å². The van der Waals surface area contributed by atoms with Crippen molar-refractivity contribution in [2.75, 3.05) is 0 Å². The van der Waals surface area contributed by atoms with Crippen LogP contribution in [0.2, 0.25) is 5.02 Å². The topological polar surface area (TPSA) is 28.1 Å². The summed E-state index contributed by atoms with van der Waals surface area (Å²) in [6, 6.07) is 14.5. The van der Waals surface area contributed by atoms with Crippen LogP contribution in [0, 0.1) is 17.2 Å². The molecule has 0 heterocycles. The average Bonchev–Trinajstić information content (AvgIpc) is 2.38. The van der Waals surface area contributed by atoms with Gasteiger partial charge < -0.3 is 0 Å². The molecule has 0 aliphatic heterocycles. The van der Waals surface area contributed by atoms with Gasteiger partial charge in [-0.1, -0.05) is 41.6 Å². The number of nitrogens with zero attached hydrogens (tertiary/aromatic N) is 2. The molecule has 80 valence electrons. The van der Waals surface area contributed by atoms with Crippen molar-refractivity contribution >= 4 is 17.3 Å². The predicted octanol–water partition coefficient (Wildman–Crippen LogP) is 4.22. The molecule has 2 nitrogen and oxygen atoms in total. The molecule has 2 aromatic rings. The predicted molar refractivity (Wildman–Crippen MR) is 68.6 cm³/mol. The van der Waals surface area contributed by atoms with Crippen LogP contribution in [0.25, 0.3) is 4.98 Å². The Morgan fingerprint density at radius 2 is 1.76 bits per heavy atom. The highest BCUT2D eigenvalue weighted by atomic mass is 35.5. The van der Waals surface area contributed by atoms with E-state index < -0.39 is 0 Å². The second kappa shape index (κ2) is 5.16. The monoisotopic (exact) mass is 239 g/mol. The molecule has 0 amide bonds. The van der Waals surface area contributed by atoms with Gasteiger partial charge in [-0.25, -0.2) is 0 Å². The zero-order valence-corrected chi connectivity index (χ0v) is 9.65. The van der Waals surface area contributed by atoms with Crippen molar-refractivity contribution in [2.45, 2.75) is 0 Å². The van der Waals surface area contributed by atoms with Crippen molar-refractivity contribution in [1.29, 1.82) is 5.39 Å². The number of hydrogen-bond donors (Lipinski definition) is 0. The Hall–Kier alpha value is -2.29. The maximum atomic E-state index is 8.82. The SMILES string of the molecule is N#[N+]c1ccc(Cl)cc1C#Cc1ccccc1. The third-order valence-electron chi connectivity index (χ3n) is 2.18. The van der Waals surface area contributed by atoms with Crippen LogP contribution in [0.1, 0.15) is 11.1 Å². The molecule has 0 radical (unpaired) electrons. The lowest BCUT2D eigenvalue weighted by Gasteiger charge is -1.89. The molecular weight excluding hydrogens is 232 g/mol. The third kappa shape index (κ3) is 2.84. The summed E-state index contributed by atoms with van der Waals surface area (Å²) in [5, 5.41) is 9.39. The van der Waals surface area contributed by atoms with E-state index in [1.54, 1.807) is 18.2 Å². The van der Waals surface area contributed by atoms with Crippen LogP contribution in [0.3, 0.4) is 0 Å². The smallest absolute Gasteiger partial charge is 0.0843 e. The quantitative estimate of drug-likeness (QED) is 0.500. The summed E-state index contributed by atoms with van der Waals surface area (Å²) in [6.45, 7) is 0. The molecule has 0 aliphatic rings. The molecule has 0 saturated carbocycles. The summed E-state index contributed by atoms with van der Waals surface area (Å²) in [6.07, 6.45) is 0. The van der Waals surface area contributed by atoms with Gasteiger partial charge in [0.2, 0.25) is 5.39 Å². The van der Waals surface area contributed by atoms with Crippen LogP contribution in [0.4, 0.5) is 5.69 Å². The number of benzene rings is 2. The van der Waals surface area contributed by atoms with Crippen molar-refractivity contribution in [1.82, 2.24) is 0 Å². The molecule has 0 atom stereocenters. The van der Waals surface area contributed by atoms with Crippen LogP contribution in [-0.2, 0) is 0 Å². The standard InChI is InChI=1S/C14H8ClN2/c15-13-8-9-14(17-16)12(10-13)7-6-11-4-2-1-3-5-11/h1-5,8-10H/q+1. The Morgan fingerprint density at radius 1 is 1.00 bits per heavy atom. The fraction of sp³-hybridized carbons (Fsp3) is 0. The molecule has 2 rings (SSSR count). The minimum Gasteiger partial charge on any atom is -0.0843 e. The number of diazo groups is 1. The van der Waals surface area contributed by atoms with Gasteiger partial charge in [0.15, 0.2) is 4.98 Å². The Kier molecular flexibility index (Phi) is 3.40. The Labute approximate surface area is 104 Å². The van der Waals surface area contributed by atoms with E-state index in [1.165, 1.54) is 0 Å². The molecular formula is C14H8ClN2+. The number of halogens is 1. The maximum absolute atomic E-state index is 8.82. The van der Waals surface area contributed by atoms with Crippen LogP contribution in [0.15, 0.2) is 48.5 Å². The molecule has 3 heteroatoms. The zero-order chi connectivity index (χ0) is 12.1. The van der Waals surface area contributed by atoms with Gasteiger partial charge in [0.05, 0.1) is 0 Å². The highest BCUT2D eigenvalue weighted by Gasteiger charge is 2.11. The molecule has 0 unspecified atom stereocenters. The van der Waals surface area contributed by atoms with Crippen molar-refractivity contribution in [3.63, 3.8) is 0 Å². The summed E-state index contributed by atoms with van der Waals surface area (Å²) in [5.41, 5.74) is 1.91. The van der Waals surface area contributed by atoms with Gasteiger partial charge in [-0.2, -0.15) is 0 Å². The lowest BCUT2D eigenvalue weighted by molar-refractivity contribution is 1.45. The van der Waals surface area contributed by atoms with Gasteiger partial charge in [-0.15, -0.1) is 0 Å². The molecule has 0 spiro atoms. The summed E-state index contributed by atoms with van der Waals surface area (Å²) in [5.74, 6) is 5.92. The van der Waals surface area contributed by atoms with Gasteiger partial charge in [0.1, 0.15) is 5.56 Å². The fourth-order valence-electron chi connectivity index (χ4n) is 1.36. The second-order valence-electron chi connectivity index (χ2n) is 3.38. The summed E-state index contributed by atoms with van der Waals surface area (Å²) in [4.78, 5) is 3.16. The fourth-order valence-corrected chi connectivity index (χ4v) is 1.53.